The zero-order chi connectivity index (χ0) is 8.53. The van der Waals surface area contributed by atoms with Crippen molar-refractivity contribution in [3.63, 3.8) is 0 Å². The Balaban J connectivity index is 0.000000292. The van der Waals surface area contributed by atoms with Crippen molar-refractivity contribution < 1.29 is 0 Å². The van der Waals surface area contributed by atoms with Crippen LogP contribution in [0.25, 0.3) is 0 Å². The molecule has 0 aromatic heterocycles. The van der Waals surface area contributed by atoms with Crippen LogP contribution in [0.3, 0.4) is 0 Å². The molecule has 1 rings (SSSR count). The zero-order valence-electron chi connectivity index (χ0n) is 6.62. The molecule has 0 atom stereocenters. The molecule has 0 saturated heterocycles. The first-order chi connectivity index (χ1) is 5.35. The lowest BCUT2D eigenvalue weighted by Crippen LogP contribution is -1.94. The maximum Gasteiger partial charge on any atom is 0.0587 e. The summed E-state index contributed by atoms with van der Waals surface area (Å²) in [4.78, 5) is 0. The van der Waals surface area contributed by atoms with Crippen molar-refractivity contribution in [1.29, 1.82) is 5.26 Å². The van der Waals surface area contributed by atoms with Crippen LogP contribution in [0.1, 0.15) is 12.5 Å². The van der Waals surface area contributed by atoms with Crippen LogP contribution in [0.4, 0.5) is 0 Å². The molecular weight excluding hydrogens is 136 g/mol. The smallest absolute Gasteiger partial charge is 0.0587 e. The van der Waals surface area contributed by atoms with Gasteiger partial charge in [0, 0.05) is 13.5 Å². The van der Waals surface area contributed by atoms with Gasteiger partial charge in [-0.15, -0.1) is 0 Å². The first kappa shape index (κ1) is 9.67. The van der Waals surface area contributed by atoms with E-state index in [4.69, 9.17) is 11.0 Å². The summed E-state index contributed by atoms with van der Waals surface area (Å²) in [7, 11) is 0. The molecule has 11 heavy (non-hydrogen) atoms. The first-order valence-electron chi connectivity index (χ1n) is 3.40. The van der Waals surface area contributed by atoms with Crippen molar-refractivity contribution in [2.24, 2.45) is 5.73 Å². The molecule has 2 heteroatoms. The maximum atomic E-state index is 7.32. The summed E-state index contributed by atoms with van der Waals surface area (Å²) in [6, 6.07) is 11.7. The maximum absolute atomic E-state index is 7.32. The lowest BCUT2D eigenvalue weighted by Gasteiger charge is -1.90. The third kappa shape index (κ3) is 5.13. The lowest BCUT2D eigenvalue weighted by atomic mass is 10.2. The Morgan fingerprint density at radius 3 is 2.09 bits per heavy atom. The predicted octanol–water partition coefficient (Wildman–Crippen LogP) is 1.68. The summed E-state index contributed by atoms with van der Waals surface area (Å²) in [5.41, 5.74) is 6.54. The zero-order valence-corrected chi connectivity index (χ0v) is 6.62. The highest BCUT2D eigenvalue weighted by Crippen LogP contribution is 1.94. The summed E-state index contributed by atoms with van der Waals surface area (Å²) in [6.07, 6.45) is 0. The van der Waals surface area contributed by atoms with Crippen LogP contribution in [0.2, 0.25) is 0 Å². The van der Waals surface area contributed by atoms with Crippen LogP contribution in [-0.2, 0) is 6.54 Å². The van der Waals surface area contributed by atoms with Gasteiger partial charge in [0.05, 0.1) is 6.07 Å². The van der Waals surface area contributed by atoms with Gasteiger partial charge in [-0.2, -0.15) is 5.26 Å². The van der Waals surface area contributed by atoms with Gasteiger partial charge in [-0.25, -0.2) is 0 Å². The van der Waals surface area contributed by atoms with E-state index in [2.05, 4.69) is 0 Å². The van der Waals surface area contributed by atoms with Crippen LogP contribution in [0, 0.1) is 11.3 Å². The minimum atomic E-state index is 0.640. The summed E-state index contributed by atoms with van der Waals surface area (Å²) in [5.74, 6) is 0. The molecule has 0 aliphatic heterocycles. The van der Waals surface area contributed by atoms with Crippen LogP contribution >= 0.6 is 0 Å². The lowest BCUT2D eigenvalue weighted by molar-refractivity contribution is 1.07. The molecule has 0 spiro atoms. The Morgan fingerprint density at radius 2 is 1.82 bits per heavy atom. The Labute approximate surface area is 67.3 Å². The number of nitrogens with zero attached hydrogens (tertiary/aromatic N) is 1. The Kier molecular flexibility index (Phi) is 5.96. The van der Waals surface area contributed by atoms with Gasteiger partial charge in [0.15, 0.2) is 0 Å². The number of hydrogen-bond donors (Lipinski definition) is 1. The topological polar surface area (TPSA) is 49.8 Å². The molecule has 0 bridgehead atoms. The van der Waals surface area contributed by atoms with Crippen LogP contribution < -0.4 is 5.73 Å². The third-order valence-electron chi connectivity index (χ3n) is 1.08. The number of nitriles is 1. The van der Waals surface area contributed by atoms with Crippen molar-refractivity contribution >= 4 is 0 Å². The SMILES string of the molecule is CC#N.NCc1ccccc1. The molecule has 2 nitrogen and oxygen atoms in total. The van der Waals surface area contributed by atoms with Crippen molar-refractivity contribution in [3.05, 3.63) is 35.9 Å². The van der Waals surface area contributed by atoms with Crippen molar-refractivity contribution in [2.45, 2.75) is 13.5 Å². The quantitative estimate of drug-likeness (QED) is 0.658. The second-order valence-corrected chi connectivity index (χ2v) is 1.91. The Bertz CT molecular complexity index is 211. The van der Waals surface area contributed by atoms with Crippen molar-refractivity contribution in [2.75, 3.05) is 0 Å². The molecule has 0 amide bonds. The molecule has 58 valence electrons. The summed E-state index contributed by atoms with van der Waals surface area (Å²) in [6.45, 7) is 2.07. The highest BCUT2D eigenvalue weighted by molar-refractivity contribution is 5.13. The fourth-order valence-electron chi connectivity index (χ4n) is 0.614. The number of nitrogens with two attached hydrogens (primary N) is 1. The van der Waals surface area contributed by atoms with Gasteiger partial charge in [-0.05, 0) is 5.56 Å². The van der Waals surface area contributed by atoms with E-state index in [0.717, 1.165) is 0 Å². The van der Waals surface area contributed by atoms with Crippen LogP contribution in [0.15, 0.2) is 30.3 Å². The average molecular weight is 148 g/mol. The van der Waals surface area contributed by atoms with E-state index in [-0.39, 0.29) is 0 Å². The van der Waals surface area contributed by atoms with E-state index in [1.165, 1.54) is 12.5 Å². The molecular formula is C9H12N2. The largest absolute Gasteiger partial charge is 0.326 e. The first-order valence-corrected chi connectivity index (χ1v) is 3.40. The fourth-order valence-corrected chi connectivity index (χ4v) is 0.614. The van der Waals surface area contributed by atoms with E-state index in [9.17, 15) is 0 Å². The van der Waals surface area contributed by atoms with E-state index < -0.39 is 0 Å². The molecule has 0 heterocycles. The van der Waals surface area contributed by atoms with Gasteiger partial charge in [0.2, 0.25) is 0 Å². The fraction of sp³-hybridized carbons (Fsp3) is 0.222. The molecule has 0 unspecified atom stereocenters. The van der Waals surface area contributed by atoms with E-state index >= 15 is 0 Å². The second-order valence-electron chi connectivity index (χ2n) is 1.91. The summed E-state index contributed by atoms with van der Waals surface area (Å²) >= 11 is 0. The minimum absolute atomic E-state index is 0.640. The molecule has 0 aliphatic rings. The molecule has 0 aliphatic carbocycles. The molecule has 1 aromatic carbocycles. The molecule has 0 saturated carbocycles. The normalized spacial score (nSPS) is 7.36. The standard InChI is InChI=1S/C7H9N.C2H3N/c8-6-7-4-2-1-3-5-7;1-2-3/h1-5H,6,8H2;1H3. The number of hydrogen-bond acceptors (Lipinski definition) is 2. The van der Waals surface area contributed by atoms with Gasteiger partial charge in [-0.1, -0.05) is 30.3 Å². The van der Waals surface area contributed by atoms with Crippen LogP contribution in [-0.4, -0.2) is 0 Å². The Morgan fingerprint density at radius 1 is 1.36 bits per heavy atom. The Hall–Kier alpha value is -1.33. The van der Waals surface area contributed by atoms with E-state index in [1.807, 2.05) is 30.3 Å². The monoisotopic (exact) mass is 148 g/mol. The molecule has 0 radical (unpaired) electrons. The number of benzene rings is 1. The summed E-state index contributed by atoms with van der Waals surface area (Å²) in [5, 5.41) is 7.32. The number of rotatable bonds is 1. The van der Waals surface area contributed by atoms with Gasteiger partial charge < -0.3 is 5.73 Å². The van der Waals surface area contributed by atoms with Gasteiger partial charge in [-0.3, -0.25) is 0 Å². The van der Waals surface area contributed by atoms with Crippen LogP contribution in [0.5, 0.6) is 0 Å². The molecule has 1 aromatic rings. The van der Waals surface area contributed by atoms with Gasteiger partial charge in [0.1, 0.15) is 0 Å². The molecule has 2 N–H and O–H groups in total. The van der Waals surface area contributed by atoms with Gasteiger partial charge in [0.25, 0.3) is 0 Å². The second kappa shape index (κ2) is 6.79. The third-order valence-corrected chi connectivity index (χ3v) is 1.08. The van der Waals surface area contributed by atoms with Gasteiger partial charge >= 0.3 is 0 Å². The minimum Gasteiger partial charge on any atom is -0.326 e. The van der Waals surface area contributed by atoms with E-state index in [1.54, 1.807) is 6.07 Å². The highest BCUT2D eigenvalue weighted by Gasteiger charge is 1.80. The average Bonchev–Trinajstić information content (AvgIpc) is 2.08. The van der Waals surface area contributed by atoms with Crippen molar-refractivity contribution in [3.8, 4) is 6.07 Å². The van der Waals surface area contributed by atoms with E-state index in [0.29, 0.717) is 6.54 Å². The molecule has 0 fully saturated rings. The van der Waals surface area contributed by atoms with Crippen molar-refractivity contribution in [1.82, 2.24) is 0 Å². The summed E-state index contributed by atoms with van der Waals surface area (Å²) < 4.78 is 0. The predicted molar refractivity (Wildman–Crippen MR) is 45.6 cm³/mol. The highest BCUT2D eigenvalue weighted by atomic mass is 14.5.